The highest BCUT2D eigenvalue weighted by Gasteiger charge is 2.52. The van der Waals surface area contributed by atoms with E-state index in [2.05, 4.69) is 120 Å². The normalized spacial score (nSPS) is 18.9. The molecule has 0 N–H and O–H groups in total. The molecular weight excluding hydrogens is 471 g/mol. The molecule has 2 nitrogen and oxygen atoms in total. The van der Waals surface area contributed by atoms with Gasteiger partial charge in [0.25, 0.3) is 0 Å². The van der Waals surface area contributed by atoms with Gasteiger partial charge in [0.05, 0.1) is 11.2 Å². The largest absolute Gasteiger partial charge is 0.496 e. The van der Waals surface area contributed by atoms with E-state index in [1.807, 2.05) is 11.3 Å². The Bertz CT molecular complexity index is 1710. The Morgan fingerprint density at radius 2 is 1.30 bits per heavy atom. The molecule has 2 heterocycles. The minimum absolute atomic E-state index is 0.00114. The Hall–Kier alpha value is -2.92. The fourth-order valence-corrected chi connectivity index (χ4v) is 7.24. The molecule has 0 unspecified atom stereocenters. The molecule has 1 aliphatic carbocycles. The zero-order valence-corrected chi connectivity index (χ0v) is 23.1. The summed E-state index contributed by atoms with van der Waals surface area (Å²) in [7, 11) is -0.359. The molecule has 2 aliphatic rings. The van der Waals surface area contributed by atoms with Crippen LogP contribution in [0.15, 0.2) is 78.9 Å². The molecule has 0 spiro atoms. The van der Waals surface area contributed by atoms with Crippen LogP contribution in [0.1, 0.15) is 52.7 Å². The van der Waals surface area contributed by atoms with Gasteiger partial charge >= 0.3 is 7.12 Å². The van der Waals surface area contributed by atoms with Crippen LogP contribution in [0.2, 0.25) is 0 Å². The zero-order chi connectivity index (χ0) is 25.7. The molecule has 7 rings (SSSR count). The van der Waals surface area contributed by atoms with Gasteiger partial charge in [-0.1, -0.05) is 74.5 Å². The fourth-order valence-electron chi connectivity index (χ4n) is 6.04. The van der Waals surface area contributed by atoms with E-state index in [0.29, 0.717) is 0 Å². The average molecular weight is 502 g/mol. The summed E-state index contributed by atoms with van der Waals surface area (Å²) in [4.78, 5) is 0. The lowest BCUT2D eigenvalue weighted by atomic mass is 9.78. The summed E-state index contributed by atoms with van der Waals surface area (Å²) in [5, 5.41) is 2.56. The van der Waals surface area contributed by atoms with Gasteiger partial charge in [-0.15, -0.1) is 11.3 Å². The summed E-state index contributed by atoms with van der Waals surface area (Å²) in [6.07, 6.45) is 0. The lowest BCUT2D eigenvalue weighted by molar-refractivity contribution is 0.00578. The number of fused-ring (bicyclic) bond motifs is 6. The third kappa shape index (κ3) is 3.26. The molecule has 184 valence electrons. The summed E-state index contributed by atoms with van der Waals surface area (Å²) in [6.45, 7) is 13.1. The maximum atomic E-state index is 6.42. The number of thiophene rings is 1. The highest BCUT2D eigenvalue weighted by molar-refractivity contribution is 7.27. The van der Waals surface area contributed by atoms with Crippen molar-refractivity contribution in [3.05, 3.63) is 90.0 Å². The quantitative estimate of drug-likeness (QED) is 0.226. The van der Waals surface area contributed by atoms with Crippen LogP contribution in [0.3, 0.4) is 0 Å². The first-order valence-corrected chi connectivity index (χ1v) is 13.9. The summed E-state index contributed by atoms with van der Waals surface area (Å²) in [6, 6.07) is 29.2. The Labute approximate surface area is 223 Å². The minimum Gasteiger partial charge on any atom is -0.399 e. The van der Waals surface area contributed by atoms with Crippen LogP contribution in [-0.4, -0.2) is 18.3 Å². The Morgan fingerprint density at radius 1 is 0.622 bits per heavy atom. The van der Waals surface area contributed by atoms with E-state index >= 15 is 0 Å². The molecule has 5 aromatic rings. The fraction of sp³-hybridized carbons (Fsp3) is 0.273. The lowest BCUT2D eigenvalue weighted by Crippen LogP contribution is -2.41. The average Bonchev–Trinajstić information content (AvgIpc) is 3.43. The van der Waals surface area contributed by atoms with Crippen LogP contribution in [0, 0.1) is 0 Å². The maximum absolute atomic E-state index is 6.42. The highest BCUT2D eigenvalue weighted by Crippen LogP contribution is 2.49. The van der Waals surface area contributed by atoms with Gasteiger partial charge in [0, 0.05) is 25.7 Å². The van der Waals surface area contributed by atoms with Crippen molar-refractivity contribution in [1.29, 1.82) is 0 Å². The van der Waals surface area contributed by atoms with Crippen molar-refractivity contribution in [2.75, 3.05) is 0 Å². The van der Waals surface area contributed by atoms with Gasteiger partial charge in [0.15, 0.2) is 0 Å². The number of benzene rings is 4. The summed E-state index contributed by atoms with van der Waals surface area (Å²) in [5.74, 6) is 0. The molecule has 0 bridgehead atoms. The molecule has 1 aromatic heterocycles. The van der Waals surface area contributed by atoms with Crippen LogP contribution in [0.25, 0.3) is 42.4 Å². The summed E-state index contributed by atoms with van der Waals surface area (Å²) >= 11 is 1.83. The molecule has 4 aromatic carbocycles. The Morgan fingerprint density at radius 3 is 2.08 bits per heavy atom. The Kier molecular flexibility index (Phi) is 4.75. The van der Waals surface area contributed by atoms with E-state index in [1.165, 1.54) is 53.6 Å². The lowest BCUT2D eigenvalue weighted by Gasteiger charge is -2.32. The third-order valence-corrected chi connectivity index (χ3v) is 10.2. The van der Waals surface area contributed by atoms with Crippen LogP contribution in [-0.2, 0) is 14.7 Å². The van der Waals surface area contributed by atoms with Crippen molar-refractivity contribution < 1.29 is 9.31 Å². The monoisotopic (exact) mass is 502 g/mol. The Balaban J connectivity index is 1.33. The second-order valence-corrected chi connectivity index (χ2v) is 13.1. The predicted octanol–water partition coefficient (Wildman–Crippen LogP) is 8.33. The molecule has 0 radical (unpaired) electrons. The van der Waals surface area contributed by atoms with E-state index in [1.54, 1.807) is 0 Å². The summed E-state index contributed by atoms with van der Waals surface area (Å²) < 4.78 is 15.4. The number of hydrogen-bond acceptors (Lipinski definition) is 3. The van der Waals surface area contributed by atoms with E-state index in [0.717, 1.165) is 5.46 Å². The molecule has 0 atom stereocenters. The SMILES string of the molecule is CC1(C)c2ccccc2-c2ccc(-c3ccc4sc5c(B6OC(C)(C)C(C)(C)O6)cccc5c4c3)cc21. The smallest absolute Gasteiger partial charge is 0.399 e. The van der Waals surface area contributed by atoms with Crippen LogP contribution < -0.4 is 5.46 Å². The third-order valence-electron chi connectivity index (χ3n) is 8.95. The van der Waals surface area contributed by atoms with Gasteiger partial charge in [0.1, 0.15) is 0 Å². The van der Waals surface area contributed by atoms with E-state index in [4.69, 9.17) is 9.31 Å². The first kappa shape index (κ1) is 23.2. The topological polar surface area (TPSA) is 18.5 Å². The van der Waals surface area contributed by atoms with Crippen LogP contribution in [0.4, 0.5) is 0 Å². The molecule has 1 fully saturated rings. The van der Waals surface area contributed by atoms with E-state index in [9.17, 15) is 0 Å². The first-order chi connectivity index (χ1) is 17.6. The van der Waals surface area contributed by atoms with Gasteiger partial charge in [0.2, 0.25) is 0 Å². The molecule has 1 saturated heterocycles. The number of hydrogen-bond donors (Lipinski definition) is 0. The van der Waals surface area contributed by atoms with E-state index in [-0.39, 0.29) is 23.7 Å². The van der Waals surface area contributed by atoms with Gasteiger partial charge in [-0.3, -0.25) is 0 Å². The van der Waals surface area contributed by atoms with E-state index < -0.39 is 0 Å². The minimum atomic E-state index is -0.359. The first-order valence-electron chi connectivity index (χ1n) is 13.1. The van der Waals surface area contributed by atoms with Gasteiger partial charge in [-0.05, 0) is 84.7 Å². The highest BCUT2D eigenvalue weighted by atomic mass is 32.1. The van der Waals surface area contributed by atoms with Crippen molar-refractivity contribution in [3.63, 3.8) is 0 Å². The van der Waals surface area contributed by atoms with Gasteiger partial charge in [-0.2, -0.15) is 0 Å². The van der Waals surface area contributed by atoms with Crippen molar-refractivity contribution in [2.45, 2.75) is 58.2 Å². The maximum Gasteiger partial charge on any atom is 0.496 e. The molecular formula is C33H31BO2S. The molecule has 0 saturated carbocycles. The van der Waals surface area contributed by atoms with Crippen molar-refractivity contribution >= 4 is 44.1 Å². The zero-order valence-electron chi connectivity index (χ0n) is 22.3. The van der Waals surface area contributed by atoms with Crippen molar-refractivity contribution in [1.82, 2.24) is 0 Å². The van der Waals surface area contributed by atoms with Crippen LogP contribution >= 0.6 is 11.3 Å². The summed E-state index contributed by atoms with van der Waals surface area (Å²) in [5.41, 5.74) is 8.47. The van der Waals surface area contributed by atoms with Crippen LogP contribution in [0.5, 0.6) is 0 Å². The molecule has 4 heteroatoms. The second kappa shape index (κ2) is 7.57. The molecule has 0 amide bonds. The second-order valence-electron chi connectivity index (χ2n) is 12.1. The molecule has 1 aliphatic heterocycles. The predicted molar refractivity (Wildman–Crippen MR) is 158 cm³/mol. The van der Waals surface area contributed by atoms with Crippen molar-refractivity contribution in [3.8, 4) is 22.3 Å². The standard InChI is InChI=1S/C33H31BO2S/c1-31(2)26-12-8-7-10-22(26)23-16-14-21(19-27(23)31)20-15-17-29-25(18-20)24-11-9-13-28(30(24)37-29)34-35-32(3,4)33(5,6)36-34/h7-19H,1-6H3. The van der Waals surface area contributed by atoms with Crippen molar-refractivity contribution in [2.24, 2.45) is 0 Å². The van der Waals surface area contributed by atoms with Gasteiger partial charge in [-0.25, -0.2) is 0 Å². The molecule has 37 heavy (non-hydrogen) atoms. The number of rotatable bonds is 2. The van der Waals surface area contributed by atoms with Gasteiger partial charge < -0.3 is 9.31 Å².